The number of piperazine rings is 1. The van der Waals surface area contributed by atoms with Crippen LogP contribution in [0.15, 0.2) is 18.3 Å². The number of carbonyl (C=O) groups is 1. The van der Waals surface area contributed by atoms with Gasteiger partial charge in [-0.15, -0.1) is 12.4 Å². The Labute approximate surface area is 168 Å². The third-order valence-corrected chi connectivity index (χ3v) is 5.72. The minimum absolute atomic E-state index is 0. The fourth-order valence-corrected chi connectivity index (χ4v) is 4.26. The van der Waals surface area contributed by atoms with Crippen molar-refractivity contribution in [2.24, 2.45) is 5.92 Å². The second-order valence-corrected chi connectivity index (χ2v) is 7.74. The number of aromatic nitrogens is 1. The number of carbonyl (C=O) groups excluding carboxylic acids is 1. The lowest BCUT2D eigenvalue weighted by molar-refractivity contribution is -0.139. The van der Waals surface area contributed by atoms with Crippen LogP contribution in [0.1, 0.15) is 39.3 Å². The van der Waals surface area contributed by atoms with Gasteiger partial charge in [-0.2, -0.15) is 5.26 Å². The summed E-state index contributed by atoms with van der Waals surface area (Å²) in [6.07, 6.45) is 3.43. The van der Waals surface area contributed by atoms with E-state index in [0.717, 1.165) is 51.3 Å². The molecule has 3 heterocycles. The zero-order valence-electron chi connectivity index (χ0n) is 16.5. The van der Waals surface area contributed by atoms with Crippen LogP contribution in [0.3, 0.4) is 0 Å². The molecule has 6 nitrogen and oxygen atoms in total. The van der Waals surface area contributed by atoms with Crippen LogP contribution in [0.2, 0.25) is 0 Å². The lowest BCUT2D eigenvalue weighted by Crippen LogP contribution is -2.57. The van der Waals surface area contributed by atoms with Gasteiger partial charge < -0.3 is 9.80 Å². The highest BCUT2D eigenvalue weighted by atomic mass is 35.5. The van der Waals surface area contributed by atoms with E-state index in [9.17, 15) is 4.79 Å². The summed E-state index contributed by atoms with van der Waals surface area (Å²) in [5.41, 5.74) is 1.47. The summed E-state index contributed by atoms with van der Waals surface area (Å²) in [7, 11) is 0. The molecule has 0 N–H and O–H groups in total. The van der Waals surface area contributed by atoms with Crippen molar-refractivity contribution < 1.29 is 4.79 Å². The average molecular weight is 392 g/mol. The van der Waals surface area contributed by atoms with E-state index >= 15 is 0 Å². The van der Waals surface area contributed by atoms with Crippen molar-refractivity contribution >= 4 is 24.0 Å². The molecule has 1 amide bonds. The largest absolute Gasteiger partial charge is 0.371 e. The van der Waals surface area contributed by atoms with Crippen molar-refractivity contribution in [3.05, 3.63) is 24.0 Å². The van der Waals surface area contributed by atoms with Crippen molar-refractivity contribution in [1.82, 2.24) is 14.8 Å². The van der Waals surface area contributed by atoms with Crippen LogP contribution in [-0.2, 0) is 4.79 Å². The van der Waals surface area contributed by atoms with E-state index in [0.29, 0.717) is 23.7 Å². The highest BCUT2D eigenvalue weighted by molar-refractivity contribution is 5.85. The van der Waals surface area contributed by atoms with Gasteiger partial charge in [-0.25, -0.2) is 4.98 Å². The molecule has 0 saturated carbocycles. The Morgan fingerprint density at radius 3 is 2.56 bits per heavy atom. The normalized spacial score (nSPS) is 21.7. The molecule has 0 aromatic carbocycles. The van der Waals surface area contributed by atoms with Crippen LogP contribution >= 0.6 is 12.4 Å². The lowest BCUT2D eigenvalue weighted by Gasteiger charge is -2.43. The van der Waals surface area contributed by atoms with Gasteiger partial charge >= 0.3 is 0 Å². The van der Waals surface area contributed by atoms with Gasteiger partial charge in [0.2, 0.25) is 5.91 Å². The minimum Gasteiger partial charge on any atom is -0.371 e. The molecule has 148 valence electrons. The maximum Gasteiger partial charge on any atom is 0.225 e. The molecule has 2 aliphatic heterocycles. The zero-order valence-corrected chi connectivity index (χ0v) is 17.3. The Morgan fingerprint density at radius 1 is 1.26 bits per heavy atom. The fourth-order valence-electron chi connectivity index (χ4n) is 4.26. The Kier molecular flexibility index (Phi) is 7.46. The number of amides is 1. The molecule has 1 aromatic rings. The highest BCUT2D eigenvalue weighted by Gasteiger charge is 2.33. The summed E-state index contributed by atoms with van der Waals surface area (Å²) in [6, 6.07) is 6.81. The molecule has 0 aliphatic carbocycles. The number of nitriles is 1. The number of piperidine rings is 1. The van der Waals surface area contributed by atoms with Crippen LogP contribution in [0.25, 0.3) is 0 Å². The van der Waals surface area contributed by atoms with E-state index < -0.39 is 0 Å². The molecular weight excluding hydrogens is 362 g/mol. The van der Waals surface area contributed by atoms with E-state index in [1.165, 1.54) is 0 Å². The zero-order chi connectivity index (χ0) is 18.7. The predicted octanol–water partition coefficient (Wildman–Crippen LogP) is 2.53. The van der Waals surface area contributed by atoms with Gasteiger partial charge in [-0.3, -0.25) is 9.69 Å². The van der Waals surface area contributed by atoms with Gasteiger partial charge in [0.05, 0.1) is 0 Å². The lowest BCUT2D eigenvalue weighted by atomic mass is 9.94. The Morgan fingerprint density at radius 2 is 1.96 bits per heavy atom. The summed E-state index contributed by atoms with van der Waals surface area (Å²) in [6.45, 7) is 11.0. The van der Waals surface area contributed by atoms with Crippen LogP contribution < -0.4 is 4.90 Å². The maximum atomic E-state index is 13.0. The van der Waals surface area contributed by atoms with Crippen LogP contribution in [0.4, 0.5) is 5.69 Å². The predicted molar refractivity (Wildman–Crippen MR) is 109 cm³/mol. The number of nitrogens with zero attached hydrogens (tertiary/aromatic N) is 5. The SMILES string of the molecule is CC(C)N1CCN(C(=O)C2CCN(c3ccnc(C#N)c3)CC2)C[C@@H]1C.Cl. The van der Waals surface area contributed by atoms with Gasteiger partial charge in [0.15, 0.2) is 0 Å². The van der Waals surface area contributed by atoms with Crippen molar-refractivity contribution in [2.75, 3.05) is 37.6 Å². The molecule has 1 aromatic heterocycles. The first-order valence-corrected chi connectivity index (χ1v) is 9.65. The first-order valence-electron chi connectivity index (χ1n) is 9.65. The monoisotopic (exact) mass is 391 g/mol. The number of rotatable bonds is 3. The minimum atomic E-state index is 0. The van der Waals surface area contributed by atoms with Gasteiger partial charge in [-0.05, 0) is 45.7 Å². The Bertz CT molecular complexity index is 681. The van der Waals surface area contributed by atoms with E-state index in [2.05, 4.69) is 46.5 Å². The van der Waals surface area contributed by atoms with E-state index in [-0.39, 0.29) is 18.3 Å². The van der Waals surface area contributed by atoms with Gasteiger partial charge in [0.1, 0.15) is 11.8 Å². The maximum absolute atomic E-state index is 13.0. The number of hydrogen-bond acceptors (Lipinski definition) is 5. The quantitative estimate of drug-likeness (QED) is 0.792. The van der Waals surface area contributed by atoms with Gasteiger partial charge in [0, 0.05) is 62.6 Å². The van der Waals surface area contributed by atoms with Crippen LogP contribution in [-0.4, -0.2) is 65.5 Å². The average Bonchev–Trinajstić information content (AvgIpc) is 2.67. The van der Waals surface area contributed by atoms with E-state index in [1.54, 1.807) is 6.20 Å². The highest BCUT2D eigenvalue weighted by Crippen LogP contribution is 2.26. The van der Waals surface area contributed by atoms with Crippen molar-refractivity contribution in [3.8, 4) is 6.07 Å². The van der Waals surface area contributed by atoms with Crippen LogP contribution in [0, 0.1) is 17.2 Å². The number of halogens is 1. The fraction of sp³-hybridized carbons (Fsp3) is 0.650. The van der Waals surface area contributed by atoms with Crippen LogP contribution in [0.5, 0.6) is 0 Å². The molecule has 2 aliphatic rings. The molecular formula is C20H30ClN5O. The first kappa shape index (κ1) is 21.5. The van der Waals surface area contributed by atoms with Crippen molar-refractivity contribution in [1.29, 1.82) is 5.26 Å². The number of pyridine rings is 1. The second-order valence-electron chi connectivity index (χ2n) is 7.74. The molecule has 0 unspecified atom stereocenters. The van der Waals surface area contributed by atoms with Crippen molar-refractivity contribution in [3.63, 3.8) is 0 Å². The molecule has 3 rings (SSSR count). The van der Waals surface area contributed by atoms with Gasteiger partial charge in [-0.1, -0.05) is 0 Å². The summed E-state index contributed by atoms with van der Waals surface area (Å²) in [5, 5.41) is 9.01. The molecule has 1 atom stereocenters. The number of anilines is 1. The number of hydrogen-bond donors (Lipinski definition) is 0. The van der Waals surface area contributed by atoms with E-state index in [4.69, 9.17) is 5.26 Å². The summed E-state index contributed by atoms with van der Waals surface area (Å²) >= 11 is 0. The second kappa shape index (κ2) is 9.38. The molecule has 0 radical (unpaired) electrons. The molecule has 7 heteroatoms. The smallest absolute Gasteiger partial charge is 0.225 e. The Hall–Kier alpha value is -1.84. The first-order chi connectivity index (χ1) is 12.5. The molecule has 2 fully saturated rings. The third kappa shape index (κ3) is 4.91. The van der Waals surface area contributed by atoms with Gasteiger partial charge in [0.25, 0.3) is 0 Å². The molecule has 2 saturated heterocycles. The molecule has 27 heavy (non-hydrogen) atoms. The summed E-state index contributed by atoms with van der Waals surface area (Å²) in [4.78, 5) is 23.8. The summed E-state index contributed by atoms with van der Waals surface area (Å²) in [5.74, 6) is 0.452. The molecule has 0 spiro atoms. The third-order valence-electron chi connectivity index (χ3n) is 5.72. The topological polar surface area (TPSA) is 63.5 Å². The Balaban J connectivity index is 0.00000261. The van der Waals surface area contributed by atoms with Crippen molar-refractivity contribution in [2.45, 2.75) is 45.7 Å². The molecule has 0 bridgehead atoms. The summed E-state index contributed by atoms with van der Waals surface area (Å²) < 4.78 is 0. The standard InChI is InChI=1S/C20H29N5O.ClH/c1-15(2)25-11-10-24(14-16(25)3)20(26)17-5-8-23(9-6-17)19-4-7-22-18(12-19)13-21;/h4,7,12,15-17H,5-6,8-11,14H2,1-3H3;1H/t16-;/m0./s1. The van der Waals surface area contributed by atoms with E-state index in [1.807, 2.05) is 12.1 Å².